The number of hydrogen-bond donors (Lipinski definition) is 1. The predicted octanol–water partition coefficient (Wildman–Crippen LogP) is 2.34. The number of aryl methyl sites for hydroxylation is 1. The Bertz CT molecular complexity index is 504. The average Bonchev–Trinajstić information content (AvgIpc) is 2.43. The molecule has 0 atom stereocenters. The van der Waals surface area contributed by atoms with Gasteiger partial charge in [0.25, 0.3) is 0 Å². The molecule has 2 heterocycles. The van der Waals surface area contributed by atoms with Crippen LogP contribution in [0.1, 0.15) is 5.69 Å². The third-order valence-electron chi connectivity index (χ3n) is 2.05. The number of carbonyl (C=O) groups excluding carboxylic acids is 1. The van der Waals surface area contributed by atoms with E-state index < -0.39 is 5.97 Å². The molecule has 0 saturated carbocycles. The summed E-state index contributed by atoms with van der Waals surface area (Å²) in [6.45, 7) is 1.82. The summed E-state index contributed by atoms with van der Waals surface area (Å²) in [4.78, 5) is 18.2. The van der Waals surface area contributed by atoms with Crippen LogP contribution in [0.2, 0.25) is 0 Å². The van der Waals surface area contributed by atoms with E-state index in [-0.39, 0.29) is 6.54 Å². The van der Waals surface area contributed by atoms with Gasteiger partial charge in [-0.05, 0) is 35.0 Å². The lowest BCUT2D eigenvalue weighted by molar-refractivity contribution is -0.132. The van der Waals surface area contributed by atoms with Crippen LogP contribution in [0, 0.1) is 6.92 Å². The van der Waals surface area contributed by atoms with Crippen molar-refractivity contribution in [3.05, 3.63) is 34.7 Å². The van der Waals surface area contributed by atoms with Crippen LogP contribution < -0.4 is 5.73 Å². The van der Waals surface area contributed by atoms with Crippen molar-refractivity contribution in [1.82, 2.24) is 9.97 Å². The number of rotatable bonds is 1. The van der Waals surface area contributed by atoms with Gasteiger partial charge in [0.05, 0.1) is 16.5 Å². The Morgan fingerprint density at radius 1 is 1.56 bits per heavy atom. The van der Waals surface area contributed by atoms with Crippen LogP contribution in [-0.2, 0) is 9.08 Å². The standard InChI is InChI=1S/C9H7BrN2.C2H4ClNO2/c1-6-7-3-2-4-11-9(7)8(10)5-12-6;3-6-2(5)1-4/h2-5H,1H3;1,4H2. The van der Waals surface area contributed by atoms with Gasteiger partial charge >= 0.3 is 5.97 Å². The molecule has 0 aromatic carbocycles. The second-order valence-electron chi connectivity index (χ2n) is 3.24. The Morgan fingerprint density at radius 2 is 2.28 bits per heavy atom. The first-order chi connectivity index (χ1) is 8.60. The minimum Gasteiger partial charge on any atom is -0.346 e. The van der Waals surface area contributed by atoms with Crippen molar-refractivity contribution in [3.63, 3.8) is 0 Å². The van der Waals surface area contributed by atoms with Crippen LogP contribution in [-0.4, -0.2) is 22.5 Å². The minimum absolute atomic E-state index is 0.163. The third-order valence-corrected chi connectivity index (χ3v) is 2.80. The molecular weight excluding hydrogens is 321 g/mol. The van der Waals surface area contributed by atoms with Gasteiger partial charge in [-0.25, -0.2) is 4.79 Å². The monoisotopic (exact) mass is 331 g/mol. The van der Waals surface area contributed by atoms with Crippen molar-refractivity contribution in [2.45, 2.75) is 6.92 Å². The first kappa shape index (κ1) is 14.8. The van der Waals surface area contributed by atoms with Gasteiger partial charge in [0, 0.05) is 23.5 Å². The molecule has 0 amide bonds. The van der Waals surface area contributed by atoms with Crippen molar-refractivity contribution in [2.75, 3.05) is 6.54 Å². The molecule has 0 bridgehead atoms. The van der Waals surface area contributed by atoms with Crippen molar-refractivity contribution in [2.24, 2.45) is 5.73 Å². The van der Waals surface area contributed by atoms with Gasteiger partial charge in [-0.1, -0.05) is 0 Å². The number of carbonyl (C=O) groups is 1. The average molecular weight is 333 g/mol. The number of hydrogen-bond acceptors (Lipinski definition) is 5. The smallest absolute Gasteiger partial charge is 0.338 e. The van der Waals surface area contributed by atoms with E-state index in [0.717, 1.165) is 21.1 Å². The lowest BCUT2D eigenvalue weighted by Crippen LogP contribution is -2.12. The number of nitrogens with two attached hydrogens (primary N) is 1. The Labute approximate surface area is 118 Å². The van der Waals surface area contributed by atoms with Crippen LogP contribution in [0.25, 0.3) is 10.9 Å². The molecule has 0 aliphatic rings. The second-order valence-corrected chi connectivity index (χ2v) is 4.25. The van der Waals surface area contributed by atoms with Crippen LogP contribution in [0.4, 0.5) is 0 Å². The van der Waals surface area contributed by atoms with Crippen molar-refractivity contribution in [1.29, 1.82) is 0 Å². The summed E-state index contributed by atoms with van der Waals surface area (Å²) in [5.41, 5.74) is 6.72. The van der Waals surface area contributed by atoms with Crippen molar-refractivity contribution in [3.8, 4) is 0 Å². The number of nitrogens with zero attached hydrogens (tertiary/aromatic N) is 2. The van der Waals surface area contributed by atoms with Crippen LogP contribution >= 0.6 is 27.8 Å². The maximum absolute atomic E-state index is 9.70. The predicted molar refractivity (Wildman–Crippen MR) is 73.0 cm³/mol. The number of aromatic nitrogens is 2. The van der Waals surface area contributed by atoms with E-state index in [1.165, 1.54) is 0 Å². The molecule has 0 unspecified atom stereocenters. The number of halogens is 2. The highest BCUT2D eigenvalue weighted by Crippen LogP contribution is 2.21. The topological polar surface area (TPSA) is 78.1 Å². The molecule has 0 aliphatic carbocycles. The lowest BCUT2D eigenvalue weighted by Gasteiger charge is -2.00. The van der Waals surface area contributed by atoms with Gasteiger partial charge in [-0.2, -0.15) is 0 Å². The molecular formula is C11H11BrClN3O2. The summed E-state index contributed by atoms with van der Waals surface area (Å²) >= 11 is 7.93. The van der Waals surface area contributed by atoms with E-state index in [1.54, 1.807) is 12.4 Å². The largest absolute Gasteiger partial charge is 0.346 e. The van der Waals surface area contributed by atoms with E-state index >= 15 is 0 Å². The molecule has 0 fully saturated rings. The highest BCUT2D eigenvalue weighted by molar-refractivity contribution is 9.10. The van der Waals surface area contributed by atoms with Gasteiger partial charge in [-0.3, -0.25) is 9.97 Å². The Kier molecular flexibility index (Phi) is 5.97. The van der Waals surface area contributed by atoms with E-state index in [1.807, 2.05) is 19.1 Å². The lowest BCUT2D eigenvalue weighted by atomic mass is 10.2. The van der Waals surface area contributed by atoms with Gasteiger partial charge in [0.2, 0.25) is 0 Å². The fraction of sp³-hybridized carbons (Fsp3) is 0.182. The number of pyridine rings is 2. The minimum atomic E-state index is -0.614. The van der Waals surface area contributed by atoms with Crippen LogP contribution in [0.3, 0.4) is 0 Å². The maximum atomic E-state index is 9.70. The molecule has 0 aliphatic heterocycles. The normalized spacial score (nSPS) is 9.56. The second kappa shape index (κ2) is 7.25. The molecule has 0 radical (unpaired) electrons. The van der Waals surface area contributed by atoms with Gasteiger partial charge in [0.15, 0.2) is 0 Å². The fourth-order valence-electron chi connectivity index (χ4n) is 1.20. The number of fused-ring (bicyclic) bond motifs is 1. The molecule has 2 aromatic heterocycles. The molecule has 18 heavy (non-hydrogen) atoms. The fourth-order valence-corrected chi connectivity index (χ4v) is 1.68. The quantitative estimate of drug-likeness (QED) is 0.867. The van der Waals surface area contributed by atoms with Gasteiger partial charge < -0.3 is 10.0 Å². The Morgan fingerprint density at radius 3 is 2.78 bits per heavy atom. The summed E-state index contributed by atoms with van der Waals surface area (Å²) in [7, 11) is 0. The molecule has 7 heteroatoms. The Balaban J connectivity index is 0.000000232. The summed E-state index contributed by atoms with van der Waals surface area (Å²) < 4.78 is 4.56. The van der Waals surface area contributed by atoms with E-state index in [2.05, 4.69) is 42.1 Å². The molecule has 2 aromatic rings. The molecule has 2 rings (SSSR count). The summed E-state index contributed by atoms with van der Waals surface area (Å²) in [6, 6.07) is 3.94. The molecule has 0 spiro atoms. The third kappa shape index (κ3) is 3.90. The highest BCUT2D eigenvalue weighted by atomic mass is 79.9. The zero-order valence-corrected chi connectivity index (χ0v) is 11.9. The van der Waals surface area contributed by atoms with Crippen molar-refractivity contribution < 1.29 is 9.08 Å². The summed E-state index contributed by atoms with van der Waals surface area (Å²) in [5, 5.41) is 1.10. The van der Waals surface area contributed by atoms with E-state index in [0.29, 0.717) is 0 Å². The van der Waals surface area contributed by atoms with E-state index in [9.17, 15) is 4.79 Å². The molecule has 5 nitrogen and oxygen atoms in total. The molecule has 96 valence electrons. The zero-order chi connectivity index (χ0) is 13.5. The highest BCUT2D eigenvalue weighted by Gasteiger charge is 2.01. The van der Waals surface area contributed by atoms with Crippen LogP contribution in [0.5, 0.6) is 0 Å². The maximum Gasteiger partial charge on any atom is 0.338 e. The van der Waals surface area contributed by atoms with Gasteiger partial charge in [-0.15, -0.1) is 0 Å². The summed E-state index contributed by atoms with van der Waals surface area (Å²) in [5.74, 6) is -0.614. The zero-order valence-electron chi connectivity index (χ0n) is 9.56. The molecule has 2 N–H and O–H groups in total. The van der Waals surface area contributed by atoms with Gasteiger partial charge in [0.1, 0.15) is 11.9 Å². The van der Waals surface area contributed by atoms with Crippen molar-refractivity contribution >= 4 is 44.7 Å². The molecule has 0 saturated heterocycles. The first-order valence-corrected chi connectivity index (χ1v) is 6.07. The summed E-state index contributed by atoms with van der Waals surface area (Å²) in [6.07, 6.45) is 3.57. The first-order valence-electron chi connectivity index (χ1n) is 4.97. The Hall–Kier alpha value is -1.24. The SMILES string of the molecule is Cc1ncc(Br)c2ncccc12.NCC(=O)OCl. The van der Waals surface area contributed by atoms with Crippen LogP contribution in [0.15, 0.2) is 29.0 Å². The van der Waals surface area contributed by atoms with E-state index in [4.69, 9.17) is 5.73 Å².